The fraction of sp³-hybridized carbons (Fsp3) is 0.312. The van der Waals surface area contributed by atoms with Gasteiger partial charge >= 0.3 is 6.03 Å². The molecule has 1 aromatic rings. The van der Waals surface area contributed by atoms with Crippen LogP contribution in [0, 0.1) is 0 Å². The SMILES string of the molecule is O=C(C=Cc1ccccc1)N1CCC(N2C(=O)CNC2=O)C1. The molecule has 0 radical (unpaired) electrons. The van der Waals surface area contributed by atoms with Crippen molar-refractivity contribution in [3.8, 4) is 0 Å². The first-order valence-electron chi connectivity index (χ1n) is 7.27. The summed E-state index contributed by atoms with van der Waals surface area (Å²) < 4.78 is 0. The lowest BCUT2D eigenvalue weighted by molar-refractivity contribution is -0.128. The van der Waals surface area contributed by atoms with Crippen LogP contribution in [-0.2, 0) is 9.59 Å². The van der Waals surface area contributed by atoms with Crippen molar-refractivity contribution in [2.75, 3.05) is 19.6 Å². The molecule has 0 bridgehead atoms. The van der Waals surface area contributed by atoms with Crippen LogP contribution in [0.2, 0.25) is 0 Å². The van der Waals surface area contributed by atoms with E-state index in [1.54, 1.807) is 11.0 Å². The molecule has 1 atom stereocenters. The molecule has 0 spiro atoms. The zero-order valence-corrected chi connectivity index (χ0v) is 12.1. The summed E-state index contributed by atoms with van der Waals surface area (Å²) in [5, 5.41) is 2.51. The van der Waals surface area contributed by atoms with Crippen LogP contribution in [0.4, 0.5) is 4.79 Å². The third-order valence-electron chi connectivity index (χ3n) is 3.94. The number of amides is 4. The van der Waals surface area contributed by atoms with Crippen molar-refractivity contribution in [3.05, 3.63) is 42.0 Å². The number of hydrogen-bond acceptors (Lipinski definition) is 3. The second-order valence-corrected chi connectivity index (χ2v) is 5.39. The molecule has 0 saturated carbocycles. The van der Waals surface area contributed by atoms with Gasteiger partial charge in [0.25, 0.3) is 0 Å². The van der Waals surface area contributed by atoms with E-state index in [2.05, 4.69) is 5.32 Å². The van der Waals surface area contributed by atoms with E-state index in [1.807, 2.05) is 30.3 Å². The standard InChI is InChI=1S/C16H17N3O3/c20-14(7-6-12-4-2-1-3-5-12)18-9-8-13(11-18)19-15(21)10-17-16(19)22/h1-7,13H,8-11H2,(H,17,22). The molecule has 1 aromatic carbocycles. The molecule has 22 heavy (non-hydrogen) atoms. The molecule has 6 heteroatoms. The Morgan fingerprint density at radius 3 is 2.68 bits per heavy atom. The minimum Gasteiger partial charge on any atom is -0.337 e. The molecule has 2 aliphatic rings. The second kappa shape index (κ2) is 6.01. The van der Waals surface area contributed by atoms with E-state index in [9.17, 15) is 14.4 Å². The van der Waals surface area contributed by atoms with Crippen LogP contribution in [0.25, 0.3) is 6.08 Å². The van der Waals surface area contributed by atoms with E-state index < -0.39 is 0 Å². The van der Waals surface area contributed by atoms with Gasteiger partial charge in [-0.25, -0.2) is 4.79 Å². The van der Waals surface area contributed by atoms with Crippen molar-refractivity contribution >= 4 is 23.9 Å². The van der Waals surface area contributed by atoms with E-state index in [0.29, 0.717) is 19.5 Å². The fourth-order valence-electron chi connectivity index (χ4n) is 2.79. The molecule has 2 saturated heterocycles. The highest BCUT2D eigenvalue weighted by molar-refractivity contribution is 6.02. The Morgan fingerprint density at radius 1 is 1.23 bits per heavy atom. The van der Waals surface area contributed by atoms with Gasteiger partial charge in [0.05, 0.1) is 12.6 Å². The summed E-state index contributed by atoms with van der Waals surface area (Å²) in [6.45, 7) is 1.01. The third-order valence-corrected chi connectivity index (χ3v) is 3.94. The Balaban J connectivity index is 1.60. The molecule has 2 heterocycles. The topological polar surface area (TPSA) is 69.7 Å². The molecule has 3 rings (SSSR count). The van der Waals surface area contributed by atoms with Gasteiger partial charge in [-0.05, 0) is 18.1 Å². The zero-order chi connectivity index (χ0) is 15.5. The van der Waals surface area contributed by atoms with Crippen LogP contribution in [-0.4, -0.2) is 53.3 Å². The lowest BCUT2D eigenvalue weighted by atomic mass is 10.2. The quantitative estimate of drug-likeness (QED) is 0.664. The number of hydrogen-bond donors (Lipinski definition) is 1. The second-order valence-electron chi connectivity index (χ2n) is 5.39. The summed E-state index contributed by atoms with van der Waals surface area (Å²) in [7, 11) is 0. The maximum absolute atomic E-state index is 12.2. The Labute approximate surface area is 128 Å². The van der Waals surface area contributed by atoms with Crippen molar-refractivity contribution in [2.45, 2.75) is 12.5 Å². The maximum atomic E-state index is 12.2. The van der Waals surface area contributed by atoms with Crippen LogP contribution in [0.1, 0.15) is 12.0 Å². The van der Waals surface area contributed by atoms with Crippen LogP contribution in [0.15, 0.2) is 36.4 Å². The minimum atomic E-state index is -0.357. The number of nitrogens with one attached hydrogen (secondary N) is 1. The largest absolute Gasteiger partial charge is 0.337 e. The first-order chi connectivity index (χ1) is 10.6. The Morgan fingerprint density at radius 2 is 2.00 bits per heavy atom. The number of imide groups is 1. The van der Waals surface area contributed by atoms with Gasteiger partial charge in [0.15, 0.2) is 0 Å². The van der Waals surface area contributed by atoms with Gasteiger partial charge in [0, 0.05) is 19.2 Å². The molecule has 6 nitrogen and oxygen atoms in total. The first kappa shape index (κ1) is 14.3. The average molecular weight is 299 g/mol. The number of rotatable bonds is 3. The zero-order valence-electron chi connectivity index (χ0n) is 12.1. The van der Waals surface area contributed by atoms with E-state index >= 15 is 0 Å². The predicted octanol–water partition coefficient (Wildman–Crippen LogP) is 0.853. The molecule has 2 aliphatic heterocycles. The highest BCUT2D eigenvalue weighted by atomic mass is 16.2. The van der Waals surface area contributed by atoms with Crippen LogP contribution in [0.3, 0.4) is 0 Å². The summed E-state index contributed by atoms with van der Waals surface area (Å²) in [6.07, 6.45) is 3.93. The van der Waals surface area contributed by atoms with Gasteiger partial charge in [0.2, 0.25) is 11.8 Å². The molecule has 114 valence electrons. The number of urea groups is 1. The Hall–Kier alpha value is -2.63. The molecule has 4 amide bonds. The lowest BCUT2D eigenvalue weighted by Gasteiger charge is -2.20. The van der Waals surface area contributed by atoms with Gasteiger partial charge < -0.3 is 10.2 Å². The monoisotopic (exact) mass is 299 g/mol. The highest BCUT2D eigenvalue weighted by Crippen LogP contribution is 2.18. The van der Waals surface area contributed by atoms with Crippen LogP contribution in [0.5, 0.6) is 0 Å². The Kier molecular flexibility index (Phi) is 3.91. The molecular formula is C16H17N3O3. The summed E-state index contributed by atoms with van der Waals surface area (Å²) in [6, 6.07) is 9.00. The first-order valence-corrected chi connectivity index (χ1v) is 7.27. The van der Waals surface area contributed by atoms with Crippen molar-refractivity contribution in [1.29, 1.82) is 0 Å². The molecular weight excluding hydrogens is 282 g/mol. The minimum absolute atomic E-state index is 0.0528. The third kappa shape index (κ3) is 2.86. The number of benzene rings is 1. The van der Waals surface area contributed by atoms with E-state index in [0.717, 1.165) is 5.56 Å². The predicted molar refractivity (Wildman–Crippen MR) is 80.7 cm³/mol. The summed E-state index contributed by atoms with van der Waals surface area (Å²) >= 11 is 0. The van der Waals surface area contributed by atoms with Gasteiger partial charge in [0.1, 0.15) is 0 Å². The molecule has 1 N–H and O–H groups in total. The van der Waals surface area contributed by atoms with E-state index in [1.165, 1.54) is 11.0 Å². The number of carbonyl (C=O) groups excluding carboxylic acids is 3. The number of likely N-dealkylation sites (tertiary alicyclic amines) is 1. The molecule has 1 unspecified atom stereocenters. The molecule has 0 aliphatic carbocycles. The van der Waals surface area contributed by atoms with Gasteiger partial charge in [-0.15, -0.1) is 0 Å². The number of nitrogens with zero attached hydrogens (tertiary/aromatic N) is 2. The maximum Gasteiger partial charge on any atom is 0.324 e. The van der Waals surface area contributed by atoms with E-state index in [-0.39, 0.29) is 30.4 Å². The smallest absolute Gasteiger partial charge is 0.324 e. The highest BCUT2D eigenvalue weighted by Gasteiger charge is 2.39. The van der Waals surface area contributed by atoms with Crippen molar-refractivity contribution in [1.82, 2.24) is 15.1 Å². The van der Waals surface area contributed by atoms with Crippen LogP contribution >= 0.6 is 0 Å². The normalized spacial score (nSPS) is 21.7. The number of carbonyl (C=O) groups is 3. The Bertz CT molecular complexity index is 611. The lowest BCUT2D eigenvalue weighted by Crippen LogP contribution is -2.42. The summed E-state index contributed by atoms with van der Waals surface area (Å²) in [5.74, 6) is -0.317. The van der Waals surface area contributed by atoms with Gasteiger partial charge in [-0.3, -0.25) is 14.5 Å². The van der Waals surface area contributed by atoms with Crippen LogP contribution < -0.4 is 5.32 Å². The molecule has 0 aromatic heterocycles. The fourth-order valence-corrected chi connectivity index (χ4v) is 2.79. The van der Waals surface area contributed by atoms with Gasteiger partial charge in [-0.2, -0.15) is 0 Å². The average Bonchev–Trinajstić information content (AvgIpc) is 3.13. The van der Waals surface area contributed by atoms with Crippen molar-refractivity contribution in [2.24, 2.45) is 0 Å². The van der Waals surface area contributed by atoms with E-state index in [4.69, 9.17) is 0 Å². The van der Waals surface area contributed by atoms with Crippen molar-refractivity contribution in [3.63, 3.8) is 0 Å². The summed E-state index contributed by atoms with van der Waals surface area (Å²) in [4.78, 5) is 38.4. The van der Waals surface area contributed by atoms with Crippen molar-refractivity contribution < 1.29 is 14.4 Å². The molecule has 2 fully saturated rings. The summed E-state index contributed by atoms with van der Waals surface area (Å²) in [5.41, 5.74) is 0.959. The van der Waals surface area contributed by atoms with Gasteiger partial charge in [-0.1, -0.05) is 30.3 Å².